The van der Waals surface area contributed by atoms with Crippen molar-refractivity contribution in [3.63, 3.8) is 0 Å². The average molecular weight is 348 g/mol. The molecule has 6 nitrogen and oxygen atoms in total. The number of rotatable bonds is 6. The molecule has 0 spiro atoms. The van der Waals surface area contributed by atoms with Gasteiger partial charge in [-0.1, -0.05) is 18.2 Å². The third-order valence-corrected chi connectivity index (χ3v) is 4.47. The normalized spacial score (nSPS) is 13.4. The Morgan fingerprint density at radius 2 is 1.92 bits per heavy atom. The SMILES string of the molecule is COc1cn(-c2ccccc2)nc1C(=O)N(Cc1ccncc1)C1CC1. The zero-order chi connectivity index (χ0) is 17.9. The van der Waals surface area contributed by atoms with Crippen LogP contribution in [0.25, 0.3) is 5.69 Å². The van der Waals surface area contributed by atoms with Gasteiger partial charge in [-0.2, -0.15) is 5.10 Å². The van der Waals surface area contributed by atoms with Crippen LogP contribution in [0.5, 0.6) is 5.75 Å². The summed E-state index contributed by atoms with van der Waals surface area (Å²) < 4.78 is 7.11. The minimum atomic E-state index is -0.101. The van der Waals surface area contributed by atoms with Crippen molar-refractivity contribution in [2.24, 2.45) is 0 Å². The van der Waals surface area contributed by atoms with Crippen molar-refractivity contribution in [2.45, 2.75) is 25.4 Å². The molecule has 132 valence electrons. The van der Waals surface area contributed by atoms with Gasteiger partial charge in [0.2, 0.25) is 0 Å². The summed E-state index contributed by atoms with van der Waals surface area (Å²) in [6.45, 7) is 0.549. The monoisotopic (exact) mass is 348 g/mol. The molecule has 1 aliphatic rings. The summed E-state index contributed by atoms with van der Waals surface area (Å²) >= 11 is 0. The second-order valence-corrected chi connectivity index (χ2v) is 6.35. The van der Waals surface area contributed by atoms with Gasteiger partial charge >= 0.3 is 0 Å². The molecule has 1 fully saturated rings. The van der Waals surface area contributed by atoms with Crippen LogP contribution < -0.4 is 4.74 Å². The lowest BCUT2D eigenvalue weighted by atomic mass is 10.2. The third-order valence-electron chi connectivity index (χ3n) is 4.47. The van der Waals surface area contributed by atoms with Gasteiger partial charge in [-0.15, -0.1) is 0 Å². The quantitative estimate of drug-likeness (QED) is 0.687. The Morgan fingerprint density at radius 1 is 1.19 bits per heavy atom. The number of carbonyl (C=O) groups excluding carboxylic acids is 1. The van der Waals surface area contributed by atoms with E-state index in [0.29, 0.717) is 18.0 Å². The van der Waals surface area contributed by atoms with Crippen LogP contribution in [-0.4, -0.2) is 38.7 Å². The van der Waals surface area contributed by atoms with Gasteiger partial charge in [0.05, 0.1) is 19.0 Å². The molecule has 0 N–H and O–H groups in total. The third kappa shape index (κ3) is 3.31. The van der Waals surface area contributed by atoms with Crippen molar-refractivity contribution in [1.82, 2.24) is 19.7 Å². The fourth-order valence-electron chi connectivity index (χ4n) is 2.94. The zero-order valence-electron chi connectivity index (χ0n) is 14.6. The predicted molar refractivity (Wildman–Crippen MR) is 97.2 cm³/mol. The van der Waals surface area contributed by atoms with E-state index in [1.165, 1.54) is 0 Å². The van der Waals surface area contributed by atoms with Crippen LogP contribution in [0.3, 0.4) is 0 Å². The molecule has 4 rings (SSSR count). The largest absolute Gasteiger partial charge is 0.493 e. The highest BCUT2D eigenvalue weighted by molar-refractivity contribution is 5.95. The Hall–Kier alpha value is -3.15. The van der Waals surface area contributed by atoms with E-state index in [0.717, 1.165) is 24.1 Å². The van der Waals surface area contributed by atoms with E-state index < -0.39 is 0 Å². The maximum atomic E-state index is 13.2. The topological polar surface area (TPSA) is 60.3 Å². The molecule has 0 unspecified atom stereocenters. The van der Waals surface area contributed by atoms with Crippen LogP contribution in [0, 0.1) is 0 Å². The van der Waals surface area contributed by atoms with Crippen molar-refractivity contribution < 1.29 is 9.53 Å². The number of amides is 1. The minimum absolute atomic E-state index is 0.101. The Bertz CT molecular complexity index is 889. The molecule has 0 bridgehead atoms. The molecule has 2 heterocycles. The Morgan fingerprint density at radius 3 is 2.58 bits per heavy atom. The molecular formula is C20H20N4O2. The van der Waals surface area contributed by atoms with E-state index in [2.05, 4.69) is 10.1 Å². The molecular weight excluding hydrogens is 328 g/mol. The fraction of sp³-hybridized carbons (Fsp3) is 0.250. The first kappa shape index (κ1) is 16.3. The number of hydrogen-bond donors (Lipinski definition) is 0. The van der Waals surface area contributed by atoms with E-state index in [9.17, 15) is 4.79 Å². The number of pyridine rings is 1. The number of aromatic nitrogens is 3. The summed E-state index contributed by atoms with van der Waals surface area (Å²) in [5, 5.41) is 4.51. The molecule has 0 atom stereocenters. The molecule has 1 saturated carbocycles. The highest BCUT2D eigenvalue weighted by Gasteiger charge is 2.35. The number of benzene rings is 1. The van der Waals surface area contributed by atoms with Gasteiger partial charge in [-0.25, -0.2) is 4.68 Å². The lowest BCUT2D eigenvalue weighted by molar-refractivity contribution is 0.0720. The van der Waals surface area contributed by atoms with Crippen molar-refractivity contribution in [3.05, 3.63) is 72.3 Å². The van der Waals surface area contributed by atoms with E-state index in [1.54, 1.807) is 30.4 Å². The molecule has 2 aromatic heterocycles. The van der Waals surface area contributed by atoms with Crippen molar-refractivity contribution >= 4 is 5.91 Å². The summed E-state index contributed by atoms with van der Waals surface area (Å²) in [4.78, 5) is 19.1. The van der Waals surface area contributed by atoms with Gasteiger partial charge in [0.15, 0.2) is 11.4 Å². The molecule has 6 heteroatoms. The molecule has 26 heavy (non-hydrogen) atoms. The number of hydrogen-bond acceptors (Lipinski definition) is 4. The smallest absolute Gasteiger partial charge is 0.278 e. The van der Waals surface area contributed by atoms with Crippen LogP contribution in [-0.2, 0) is 6.54 Å². The summed E-state index contributed by atoms with van der Waals surface area (Å²) in [6, 6.07) is 13.8. The molecule has 1 amide bonds. The summed E-state index contributed by atoms with van der Waals surface area (Å²) in [5.74, 6) is 0.384. The number of methoxy groups -OCH3 is 1. The number of nitrogens with zero attached hydrogens (tertiary/aromatic N) is 4. The van der Waals surface area contributed by atoms with Crippen LogP contribution in [0.2, 0.25) is 0 Å². The molecule has 0 aliphatic heterocycles. The Kier molecular flexibility index (Phi) is 4.39. The highest BCUT2D eigenvalue weighted by atomic mass is 16.5. The maximum Gasteiger partial charge on any atom is 0.278 e. The lowest BCUT2D eigenvalue weighted by Crippen LogP contribution is -2.33. The van der Waals surface area contributed by atoms with Crippen LogP contribution >= 0.6 is 0 Å². The van der Waals surface area contributed by atoms with E-state index >= 15 is 0 Å². The summed E-state index contributed by atoms with van der Waals surface area (Å²) in [7, 11) is 1.56. The predicted octanol–water partition coefficient (Wildman–Crippen LogP) is 3.08. The summed E-state index contributed by atoms with van der Waals surface area (Å²) in [5.41, 5.74) is 2.29. The van der Waals surface area contributed by atoms with Crippen LogP contribution in [0.1, 0.15) is 28.9 Å². The first-order valence-electron chi connectivity index (χ1n) is 8.65. The molecule has 1 aliphatic carbocycles. The fourth-order valence-corrected chi connectivity index (χ4v) is 2.94. The van der Waals surface area contributed by atoms with E-state index in [-0.39, 0.29) is 11.9 Å². The van der Waals surface area contributed by atoms with Gasteiger partial charge in [0.1, 0.15) is 0 Å². The van der Waals surface area contributed by atoms with Crippen molar-refractivity contribution in [2.75, 3.05) is 7.11 Å². The number of para-hydroxylation sites is 1. The second-order valence-electron chi connectivity index (χ2n) is 6.35. The Labute approximate surface area is 152 Å². The second kappa shape index (κ2) is 7.00. The lowest BCUT2D eigenvalue weighted by Gasteiger charge is -2.21. The molecule has 3 aromatic rings. The van der Waals surface area contributed by atoms with Gasteiger partial charge < -0.3 is 9.64 Å². The van der Waals surface area contributed by atoms with Crippen molar-refractivity contribution in [1.29, 1.82) is 0 Å². The van der Waals surface area contributed by atoms with Crippen molar-refractivity contribution in [3.8, 4) is 11.4 Å². The standard InChI is InChI=1S/C20H20N4O2/c1-26-18-14-24(17-5-3-2-4-6-17)22-19(18)20(25)23(16-7-8-16)13-15-9-11-21-12-10-15/h2-6,9-12,14,16H,7-8,13H2,1H3. The number of carbonyl (C=O) groups is 1. The van der Waals surface area contributed by atoms with E-state index in [1.807, 2.05) is 47.4 Å². The number of ether oxygens (including phenoxy) is 1. The minimum Gasteiger partial charge on any atom is -0.493 e. The molecule has 1 aromatic carbocycles. The van der Waals surface area contributed by atoms with Gasteiger partial charge in [0.25, 0.3) is 5.91 Å². The van der Waals surface area contributed by atoms with Crippen LogP contribution in [0.4, 0.5) is 0 Å². The summed E-state index contributed by atoms with van der Waals surface area (Å²) in [6.07, 6.45) is 7.29. The van der Waals surface area contributed by atoms with Gasteiger partial charge in [-0.05, 0) is 42.7 Å². The zero-order valence-corrected chi connectivity index (χ0v) is 14.6. The molecule has 0 saturated heterocycles. The van der Waals surface area contributed by atoms with Gasteiger partial charge in [-0.3, -0.25) is 9.78 Å². The maximum absolute atomic E-state index is 13.2. The Balaban J connectivity index is 1.64. The highest BCUT2D eigenvalue weighted by Crippen LogP contribution is 2.31. The van der Waals surface area contributed by atoms with E-state index in [4.69, 9.17) is 4.74 Å². The van der Waals surface area contributed by atoms with Crippen LogP contribution in [0.15, 0.2) is 61.1 Å². The molecule has 0 radical (unpaired) electrons. The first-order chi connectivity index (χ1) is 12.8. The van der Waals surface area contributed by atoms with Gasteiger partial charge in [0, 0.05) is 25.0 Å². The first-order valence-corrected chi connectivity index (χ1v) is 8.65. The average Bonchev–Trinajstić information content (AvgIpc) is 3.45.